The fourth-order valence-corrected chi connectivity index (χ4v) is 5.55. The number of carbonyl (C=O) groups excluding carboxylic acids is 2. The maximum atomic E-state index is 13.5. The Labute approximate surface area is 274 Å². The second kappa shape index (κ2) is 13.2. The molecule has 0 bridgehead atoms. The number of alkyl halides is 3. The van der Waals surface area contributed by atoms with Crippen molar-refractivity contribution < 1.29 is 27.5 Å². The van der Waals surface area contributed by atoms with Crippen LogP contribution in [-0.2, 0) is 19.8 Å². The standard InChI is InChI=1S/C35H30F3N7O3/c1-42(33(46)24-4-6-26(7-5-24)35(36,37)38)28-9-12-32(41-21-28)48-29-10-11-30-25(17-29)18-31(43(30)2)34(47)45-15-13-44(14-16-45)22-27-8-3-23(19-39)20-40-27/h3-12,17-18,20-21H,13-16,22H2,1-2H3. The molecule has 0 atom stereocenters. The van der Waals surface area contributed by atoms with Crippen LogP contribution >= 0.6 is 0 Å². The van der Waals surface area contributed by atoms with E-state index in [1.807, 2.05) is 40.8 Å². The molecule has 5 aromatic rings. The lowest BCUT2D eigenvalue weighted by molar-refractivity contribution is -0.137. The molecule has 0 N–H and O–H groups in total. The van der Waals surface area contributed by atoms with E-state index < -0.39 is 17.6 Å². The number of nitrogens with zero attached hydrogens (tertiary/aromatic N) is 7. The van der Waals surface area contributed by atoms with Gasteiger partial charge in [-0.25, -0.2) is 4.98 Å². The maximum Gasteiger partial charge on any atom is 0.416 e. The highest BCUT2D eigenvalue weighted by Crippen LogP contribution is 2.30. The minimum atomic E-state index is -4.48. The number of rotatable bonds is 7. The summed E-state index contributed by atoms with van der Waals surface area (Å²) in [7, 11) is 3.36. The monoisotopic (exact) mass is 653 g/mol. The topological polar surface area (TPSA) is 108 Å². The average Bonchev–Trinajstić information content (AvgIpc) is 3.43. The van der Waals surface area contributed by atoms with Gasteiger partial charge < -0.3 is 19.1 Å². The fourth-order valence-electron chi connectivity index (χ4n) is 5.55. The molecule has 0 spiro atoms. The quantitative estimate of drug-likeness (QED) is 0.216. The summed E-state index contributed by atoms with van der Waals surface area (Å²) in [5, 5.41) is 9.79. The van der Waals surface area contributed by atoms with Gasteiger partial charge in [0.1, 0.15) is 17.5 Å². The van der Waals surface area contributed by atoms with Crippen LogP contribution in [0.1, 0.15) is 37.7 Å². The number of ether oxygens (including phenoxy) is 1. The number of aryl methyl sites for hydroxylation is 1. The van der Waals surface area contributed by atoms with Crippen LogP contribution < -0.4 is 9.64 Å². The van der Waals surface area contributed by atoms with E-state index in [1.54, 1.807) is 30.5 Å². The molecular formula is C35H30F3N7O3. The highest BCUT2D eigenvalue weighted by Gasteiger charge is 2.30. The lowest BCUT2D eigenvalue weighted by Crippen LogP contribution is -2.48. The molecule has 1 aliphatic rings. The van der Waals surface area contributed by atoms with Crippen LogP contribution in [0.25, 0.3) is 10.9 Å². The molecule has 6 rings (SSSR count). The average molecular weight is 654 g/mol. The zero-order valence-electron chi connectivity index (χ0n) is 26.1. The molecule has 3 aromatic heterocycles. The van der Waals surface area contributed by atoms with Crippen molar-refractivity contribution in [1.82, 2.24) is 24.3 Å². The van der Waals surface area contributed by atoms with Gasteiger partial charge in [0.25, 0.3) is 11.8 Å². The number of anilines is 1. The Bertz CT molecular complexity index is 1990. The van der Waals surface area contributed by atoms with E-state index in [9.17, 15) is 22.8 Å². The van der Waals surface area contributed by atoms with E-state index in [0.717, 1.165) is 40.9 Å². The van der Waals surface area contributed by atoms with Gasteiger partial charge in [-0.2, -0.15) is 18.4 Å². The SMILES string of the molecule is CN(C(=O)c1ccc(C(F)(F)F)cc1)c1ccc(Oc2ccc3c(c2)cc(C(=O)N2CCN(Cc4ccc(C#N)cn4)CC2)n3C)nc1. The smallest absolute Gasteiger partial charge is 0.416 e. The molecule has 2 amide bonds. The number of hydrogen-bond donors (Lipinski definition) is 0. The Kier molecular flexibility index (Phi) is 8.84. The number of nitriles is 1. The van der Waals surface area contributed by atoms with Crippen LogP contribution in [0.4, 0.5) is 18.9 Å². The Morgan fingerprint density at radius 1 is 0.938 bits per heavy atom. The first-order chi connectivity index (χ1) is 23.0. The lowest BCUT2D eigenvalue weighted by Gasteiger charge is -2.34. The van der Waals surface area contributed by atoms with E-state index >= 15 is 0 Å². The first-order valence-electron chi connectivity index (χ1n) is 15.1. The van der Waals surface area contributed by atoms with Gasteiger partial charge in [-0.1, -0.05) is 0 Å². The summed E-state index contributed by atoms with van der Waals surface area (Å²) < 4.78 is 46.4. The Balaban J connectivity index is 1.07. The van der Waals surface area contributed by atoms with Crippen molar-refractivity contribution in [3.8, 4) is 17.7 Å². The number of halogens is 3. The summed E-state index contributed by atoms with van der Waals surface area (Å²) in [6.07, 6.45) is -1.48. The molecular weight excluding hydrogens is 623 g/mol. The van der Waals surface area contributed by atoms with E-state index in [4.69, 9.17) is 10.00 Å². The van der Waals surface area contributed by atoms with Crippen LogP contribution in [0, 0.1) is 11.3 Å². The summed E-state index contributed by atoms with van der Waals surface area (Å²) in [5.41, 5.74) is 2.54. The van der Waals surface area contributed by atoms with Crippen LogP contribution in [0.15, 0.2) is 85.2 Å². The van der Waals surface area contributed by atoms with Crippen molar-refractivity contribution in [2.24, 2.45) is 7.05 Å². The van der Waals surface area contributed by atoms with Gasteiger partial charge in [-0.05, 0) is 66.7 Å². The first-order valence-corrected chi connectivity index (χ1v) is 15.1. The highest BCUT2D eigenvalue weighted by molar-refractivity contribution is 6.05. The third kappa shape index (κ3) is 6.84. The van der Waals surface area contributed by atoms with Gasteiger partial charge in [0, 0.05) is 75.5 Å². The minimum Gasteiger partial charge on any atom is -0.439 e. The molecule has 0 saturated carbocycles. The normalized spacial score (nSPS) is 13.7. The van der Waals surface area contributed by atoms with Crippen LogP contribution in [0.3, 0.4) is 0 Å². The van der Waals surface area contributed by atoms with Gasteiger partial charge in [-0.3, -0.25) is 19.5 Å². The number of piperazine rings is 1. The molecule has 1 aliphatic heterocycles. The maximum absolute atomic E-state index is 13.5. The molecule has 0 radical (unpaired) electrons. The van der Waals surface area contributed by atoms with Crippen molar-refractivity contribution in [3.05, 3.63) is 113 Å². The summed E-state index contributed by atoms with van der Waals surface area (Å²) in [6.45, 7) is 3.23. The lowest BCUT2D eigenvalue weighted by atomic mass is 10.1. The molecule has 1 fully saturated rings. The van der Waals surface area contributed by atoms with Crippen LogP contribution in [0.5, 0.6) is 11.6 Å². The number of pyridine rings is 2. The third-order valence-electron chi connectivity index (χ3n) is 8.33. The minimum absolute atomic E-state index is 0.0560. The summed E-state index contributed by atoms with van der Waals surface area (Å²) in [4.78, 5) is 40.4. The molecule has 244 valence electrons. The Hall–Kier alpha value is -5.74. The van der Waals surface area contributed by atoms with Gasteiger partial charge in [0.2, 0.25) is 5.88 Å². The molecule has 0 unspecified atom stereocenters. The molecule has 13 heteroatoms. The summed E-state index contributed by atoms with van der Waals surface area (Å²) >= 11 is 0. The molecule has 48 heavy (non-hydrogen) atoms. The zero-order chi connectivity index (χ0) is 34.0. The van der Waals surface area contributed by atoms with Crippen molar-refractivity contribution in [3.63, 3.8) is 0 Å². The van der Waals surface area contributed by atoms with Gasteiger partial charge in [0.15, 0.2) is 0 Å². The number of amides is 2. The molecule has 2 aromatic carbocycles. The highest BCUT2D eigenvalue weighted by atomic mass is 19.4. The molecule has 10 nitrogen and oxygen atoms in total. The van der Waals surface area contributed by atoms with Gasteiger partial charge >= 0.3 is 6.18 Å². The molecule has 1 saturated heterocycles. The van der Waals surface area contributed by atoms with Crippen molar-refractivity contribution in [2.45, 2.75) is 12.7 Å². The number of carbonyl (C=O) groups is 2. The second-order valence-corrected chi connectivity index (χ2v) is 11.4. The van der Waals surface area contributed by atoms with Crippen molar-refractivity contribution >= 4 is 28.4 Å². The number of benzene rings is 2. The van der Waals surface area contributed by atoms with E-state index in [1.165, 1.54) is 18.1 Å². The predicted molar refractivity (Wildman–Crippen MR) is 172 cm³/mol. The fraction of sp³-hybridized carbons (Fsp3) is 0.229. The molecule has 4 heterocycles. The zero-order valence-corrected chi connectivity index (χ0v) is 26.1. The van der Waals surface area contributed by atoms with Crippen molar-refractivity contribution in [2.75, 3.05) is 38.1 Å². The number of fused-ring (bicyclic) bond motifs is 1. The van der Waals surface area contributed by atoms with E-state index in [2.05, 4.69) is 20.9 Å². The first kappa shape index (κ1) is 32.2. The second-order valence-electron chi connectivity index (χ2n) is 11.4. The van der Waals surface area contributed by atoms with Gasteiger partial charge in [-0.15, -0.1) is 0 Å². The summed E-state index contributed by atoms with van der Waals surface area (Å²) in [5.74, 6) is 0.238. The predicted octanol–water partition coefficient (Wildman–Crippen LogP) is 5.89. The Morgan fingerprint density at radius 3 is 2.31 bits per heavy atom. The summed E-state index contributed by atoms with van der Waals surface area (Å²) in [6, 6.07) is 20.2. The Morgan fingerprint density at radius 2 is 1.69 bits per heavy atom. The van der Waals surface area contributed by atoms with E-state index in [-0.39, 0.29) is 17.4 Å². The van der Waals surface area contributed by atoms with Crippen molar-refractivity contribution in [1.29, 1.82) is 5.26 Å². The molecule has 0 aliphatic carbocycles. The van der Waals surface area contributed by atoms with E-state index in [0.29, 0.717) is 55.4 Å². The third-order valence-corrected chi connectivity index (χ3v) is 8.33. The number of aromatic nitrogens is 3. The number of hydrogen-bond acceptors (Lipinski definition) is 7. The van der Waals surface area contributed by atoms with Gasteiger partial charge in [0.05, 0.1) is 28.7 Å². The largest absolute Gasteiger partial charge is 0.439 e. The van der Waals surface area contributed by atoms with Crippen LogP contribution in [0.2, 0.25) is 0 Å². The van der Waals surface area contributed by atoms with Crippen LogP contribution in [-0.4, -0.2) is 69.4 Å².